The summed E-state index contributed by atoms with van der Waals surface area (Å²) in [5.41, 5.74) is 1.74. The van der Waals surface area contributed by atoms with Crippen LogP contribution in [0, 0.1) is 0 Å². The summed E-state index contributed by atoms with van der Waals surface area (Å²) in [6, 6.07) is 5.61. The summed E-state index contributed by atoms with van der Waals surface area (Å²) in [6.45, 7) is 3.64. The molecule has 1 aromatic rings. The predicted molar refractivity (Wildman–Crippen MR) is 75.6 cm³/mol. The highest BCUT2D eigenvalue weighted by molar-refractivity contribution is 7.99. The van der Waals surface area contributed by atoms with Crippen molar-refractivity contribution in [3.8, 4) is 0 Å². The van der Waals surface area contributed by atoms with Gasteiger partial charge in [-0.05, 0) is 37.3 Å². The monoisotopic (exact) mass is 269 g/mol. The number of ketones is 1. The van der Waals surface area contributed by atoms with Crippen LogP contribution in [0.2, 0.25) is 5.02 Å². The summed E-state index contributed by atoms with van der Waals surface area (Å²) < 4.78 is 0. The van der Waals surface area contributed by atoms with Gasteiger partial charge in [0.05, 0.1) is 10.7 Å². The second-order valence-corrected chi connectivity index (χ2v) is 5.81. The van der Waals surface area contributed by atoms with Gasteiger partial charge in [-0.15, -0.1) is 0 Å². The lowest BCUT2D eigenvalue weighted by Crippen LogP contribution is -2.25. The summed E-state index contributed by atoms with van der Waals surface area (Å²) in [5.74, 6) is 2.43. The van der Waals surface area contributed by atoms with Crippen molar-refractivity contribution >= 4 is 34.8 Å². The molecule has 17 heavy (non-hydrogen) atoms. The van der Waals surface area contributed by atoms with Crippen LogP contribution in [0.3, 0.4) is 0 Å². The topological polar surface area (TPSA) is 20.3 Å². The summed E-state index contributed by atoms with van der Waals surface area (Å²) in [6.07, 6.45) is 1.19. The Morgan fingerprint density at radius 1 is 1.35 bits per heavy atom. The van der Waals surface area contributed by atoms with E-state index < -0.39 is 0 Å². The van der Waals surface area contributed by atoms with Crippen LogP contribution >= 0.6 is 23.4 Å². The van der Waals surface area contributed by atoms with E-state index in [4.69, 9.17) is 11.6 Å². The zero-order valence-corrected chi connectivity index (χ0v) is 11.5. The van der Waals surface area contributed by atoms with Crippen molar-refractivity contribution in [2.24, 2.45) is 0 Å². The highest BCUT2D eigenvalue weighted by atomic mass is 35.5. The maximum absolute atomic E-state index is 11.3. The van der Waals surface area contributed by atoms with Crippen molar-refractivity contribution in [1.82, 2.24) is 0 Å². The van der Waals surface area contributed by atoms with E-state index in [1.807, 2.05) is 23.9 Å². The number of hydrogen-bond acceptors (Lipinski definition) is 3. The molecule has 4 heteroatoms. The predicted octanol–water partition coefficient (Wildman–Crippen LogP) is 3.49. The number of Topliss-reactive ketones (excluding diaryl/α,β-unsaturated/α-hetero) is 1. The number of nitrogens with zero attached hydrogens (tertiary/aromatic N) is 1. The number of halogens is 1. The van der Waals surface area contributed by atoms with Gasteiger partial charge in [-0.1, -0.05) is 11.6 Å². The van der Waals surface area contributed by atoms with Gasteiger partial charge in [-0.25, -0.2) is 0 Å². The third-order valence-electron chi connectivity index (χ3n) is 2.92. The van der Waals surface area contributed by atoms with Crippen LogP contribution in [-0.2, 0) is 0 Å². The number of benzene rings is 1. The van der Waals surface area contributed by atoms with E-state index in [-0.39, 0.29) is 5.78 Å². The van der Waals surface area contributed by atoms with Gasteiger partial charge in [0.1, 0.15) is 0 Å². The lowest BCUT2D eigenvalue weighted by Gasteiger charge is -2.23. The molecule has 0 unspecified atom stereocenters. The summed E-state index contributed by atoms with van der Waals surface area (Å²) in [5, 5.41) is 0.685. The molecule has 2 nitrogen and oxygen atoms in total. The molecule has 1 aliphatic heterocycles. The number of rotatable bonds is 2. The molecule has 2 rings (SSSR count). The summed E-state index contributed by atoms with van der Waals surface area (Å²) >= 11 is 8.25. The fraction of sp³-hybridized carbons (Fsp3) is 0.462. The number of carbonyl (C=O) groups is 1. The Hall–Kier alpha value is -0.670. The quantitative estimate of drug-likeness (QED) is 0.767. The van der Waals surface area contributed by atoms with Gasteiger partial charge in [-0.2, -0.15) is 11.8 Å². The van der Waals surface area contributed by atoms with Gasteiger partial charge in [0.25, 0.3) is 0 Å². The minimum atomic E-state index is 0.0601. The highest BCUT2D eigenvalue weighted by Gasteiger charge is 2.13. The van der Waals surface area contributed by atoms with E-state index in [9.17, 15) is 4.79 Å². The molecule has 0 spiro atoms. The van der Waals surface area contributed by atoms with E-state index in [1.165, 1.54) is 12.2 Å². The van der Waals surface area contributed by atoms with Crippen LogP contribution < -0.4 is 4.90 Å². The molecule has 0 atom stereocenters. The summed E-state index contributed by atoms with van der Waals surface area (Å²) in [4.78, 5) is 13.6. The minimum absolute atomic E-state index is 0.0601. The first-order valence-electron chi connectivity index (χ1n) is 5.81. The number of hydrogen-bond donors (Lipinski definition) is 0. The van der Waals surface area contributed by atoms with Crippen molar-refractivity contribution in [1.29, 1.82) is 0 Å². The molecule has 0 aliphatic carbocycles. The highest BCUT2D eigenvalue weighted by Crippen LogP contribution is 2.28. The molecular formula is C13H16ClNOS. The van der Waals surface area contributed by atoms with Gasteiger partial charge in [0.2, 0.25) is 0 Å². The van der Waals surface area contributed by atoms with Crippen LogP contribution in [0.5, 0.6) is 0 Å². The second kappa shape index (κ2) is 5.78. The first kappa shape index (κ1) is 12.8. The first-order valence-corrected chi connectivity index (χ1v) is 7.35. The lowest BCUT2D eigenvalue weighted by molar-refractivity contribution is 0.101. The van der Waals surface area contributed by atoms with Crippen LogP contribution in [0.4, 0.5) is 5.69 Å². The lowest BCUT2D eigenvalue weighted by atomic mass is 10.1. The molecule has 92 valence electrons. The zero-order valence-electron chi connectivity index (χ0n) is 9.91. The average molecular weight is 270 g/mol. The van der Waals surface area contributed by atoms with Gasteiger partial charge in [-0.3, -0.25) is 4.79 Å². The van der Waals surface area contributed by atoms with E-state index in [2.05, 4.69) is 4.90 Å². The molecule has 1 fully saturated rings. The standard InChI is InChI=1S/C13H16ClNOS/c1-10(16)11-3-4-13(12(14)9-11)15-5-2-7-17-8-6-15/h3-4,9H,2,5-8H2,1H3. The van der Waals surface area contributed by atoms with Crippen molar-refractivity contribution in [2.45, 2.75) is 13.3 Å². The molecule has 0 bridgehead atoms. The van der Waals surface area contributed by atoms with Gasteiger partial charge in [0.15, 0.2) is 5.78 Å². The smallest absolute Gasteiger partial charge is 0.159 e. The Kier molecular flexibility index (Phi) is 4.35. The van der Waals surface area contributed by atoms with Crippen LogP contribution in [0.25, 0.3) is 0 Å². The van der Waals surface area contributed by atoms with Crippen molar-refractivity contribution in [2.75, 3.05) is 29.5 Å². The fourth-order valence-electron chi connectivity index (χ4n) is 1.97. The Morgan fingerprint density at radius 3 is 2.88 bits per heavy atom. The molecular weight excluding hydrogens is 254 g/mol. The molecule has 0 amide bonds. The molecule has 0 saturated carbocycles. The van der Waals surface area contributed by atoms with E-state index in [0.29, 0.717) is 10.6 Å². The molecule has 0 radical (unpaired) electrons. The summed E-state index contributed by atoms with van der Waals surface area (Å²) in [7, 11) is 0. The number of carbonyl (C=O) groups excluding carboxylic acids is 1. The maximum atomic E-state index is 11.3. The number of anilines is 1. The van der Waals surface area contributed by atoms with E-state index in [1.54, 1.807) is 13.0 Å². The Labute approximate surface area is 111 Å². The maximum Gasteiger partial charge on any atom is 0.159 e. The van der Waals surface area contributed by atoms with Gasteiger partial charge >= 0.3 is 0 Å². The van der Waals surface area contributed by atoms with Gasteiger partial charge in [0, 0.05) is 24.4 Å². The molecule has 1 aliphatic rings. The van der Waals surface area contributed by atoms with Crippen molar-refractivity contribution in [3.63, 3.8) is 0 Å². The Balaban J connectivity index is 2.22. The molecule has 1 aromatic carbocycles. The molecule has 1 heterocycles. The third kappa shape index (κ3) is 3.17. The van der Waals surface area contributed by atoms with Gasteiger partial charge < -0.3 is 4.90 Å². The SMILES string of the molecule is CC(=O)c1ccc(N2CCCSCC2)c(Cl)c1. The zero-order chi connectivity index (χ0) is 12.3. The average Bonchev–Trinajstić information content (AvgIpc) is 2.57. The van der Waals surface area contributed by atoms with Crippen molar-refractivity contribution < 1.29 is 4.79 Å². The Bertz CT molecular complexity index is 414. The van der Waals surface area contributed by atoms with Crippen LogP contribution in [0.15, 0.2) is 18.2 Å². The van der Waals surface area contributed by atoms with E-state index in [0.717, 1.165) is 24.5 Å². The Morgan fingerprint density at radius 2 is 2.18 bits per heavy atom. The largest absolute Gasteiger partial charge is 0.369 e. The fourth-order valence-corrected chi connectivity index (χ4v) is 3.16. The van der Waals surface area contributed by atoms with E-state index >= 15 is 0 Å². The van der Waals surface area contributed by atoms with Crippen LogP contribution in [-0.4, -0.2) is 30.4 Å². The number of thioether (sulfide) groups is 1. The van der Waals surface area contributed by atoms with Crippen LogP contribution in [0.1, 0.15) is 23.7 Å². The normalized spacial score (nSPS) is 16.7. The molecule has 0 N–H and O–H groups in total. The second-order valence-electron chi connectivity index (χ2n) is 4.18. The minimum Gasteiger partial charge on any atom is -0.369 e. The molecule has 1 saturated heterocycles. The van der Waals surface area contributed by atoms with Crippen molar-refractivity contribution in [3.05, 3.63) is 28.8 Å². The third-order valence-corrected chi connectivity index (χ3v) is 4.27. The molecule has 0 aromatic heterocycles. The first-order chi connectivity index (χ1) is 8.18.